The summed E-state index contributed by atoms with van der Waals surface area (Å²) in [6.07, 6.45) is 0.887. The number of hydrogen-bond donors (Lipinski definition) is 1. The molecule has 0 saturated carbocycles. The fourth-order valence-corrected chi connectivity index (χ4v) is 6.18. The predicted octanol–water partition coefficient (Wildman–Crippen LogP) is 5.88. The van der Waals surface area contributed by atoms with E-state index < -0.39 is 34.3 Å². The first-order valence-electron chi connectivity index (χ1n) is 14.6. The van der Waals surface area contributed by atoms with Crippen LogP contribution in [0.25, 0.3) is 0 Å². The van der Waals surface area contributed by atoms with Crippen molar-refractivity contribution in [1.82, 2.24) is 10.2 Å². The lowest BCUT2D eigenvalue weighted by Crippen LogP contribution is -2.54. The third kappa shape index (κ3) is 8.32. The zero-order chi connectivity index (χ0) is 31.7. The summed E-state index contributed by atoms with van der Waals surface area (Å²) in [5, 5.41) is 3.00. The van der Waals surface area contributed by atoms with Crippen molar-refractivity contribution in [3.8, 4) is 0 Å². The average molecular weight is 616 g/mol. The van der Waals surface area contributed by atoms with Gasteiger partial charge in [-0.3, -0.25) is 13.9 Å². The summed E-state index contributed by atoms with van der Waals surface area (Å²) in [6, 6.07) is 28.7. The standard InChI is InChI=1S/C35H38FN3O4S/c1-4-27(3)37-35(41)33(23-28-11-7-5-8-12-28)38(24-29-17-19-30(36)20-18-29)34(40)25-39(31-21-15-26(2)16-22-31)44(42,43)32-13-9-6-10-14-32/h5-22,27,33H,4,23-25H2,1-3H3,(H,37,41)/t27-,33+/m1/s1. The summed E-state index contributed by atoms with van der Waals surface area (Å²) in [6.45, 7) is 5.14. The Kier molecular flexibility index (Phi) is 10.9. The molecule has 9 heteroatoms. The van der Waals surface area contributed by atoms with E-state index in [1.807, 2.05) is 51.1 Å². The van der Waals surface area contributed by atoms with Crippen molar-refractivity contribution in [2.24, 2.45) is 0 Å². The molecule has 2 amide bonds. The number of anilines is 1. The quantitative estimate of drug-likeness (QED) is 0.203. The SMILES string of the molecule is CC[C@@H](C)NC(=O)[C@H](Cc1ccccc1)N(Cc1ccc(F)cc1)C(=O)CN(c1ccc(C)cc1)S(=O)(=O)c1ccccc1. The highest BCUT2D eigenvalue weighted by Gasteiger charge is 2.35. The molecule has 0 fully saturated rings. The van der Waals surface area contributed by atoms with E-state index in [4.69, 9.17) is 0 Å². The van der Waals surface area contributed by atoms with Crippen LogP contribution in [0.15, 0.2) is 114 Å². The van der Waals surface area contributed by atoms with Crippen LogP contribution in [0, 0.1) is 12.7 Å². The number of sulfonamides is 1. The zero-order valence-electron chi connectivity index (χ0n) is 25.2. The molecule has 0 bridgehead atoms. The highest BCUT2D eigenvalue weighted by molar-refractivity contribution is 7.92. The van der Waals surface area contributed by atoms with Gasteiger partial charge in [0.2, 0.25) is 11.8 Å². The van der Waals surface area contributed by atoms with Crippen LogP contribution < -0.4 is 9.62 Å². The van der Waals surface area contributed by atoms with Crippen molar-refractivity contribution in [2.45, 2.75) is 57.1 Å². The Morgan fingerprint density at radius 1 is 0.818 bits per heavy atom. The lowest BCUT2D eigenvalue weighted by molar-refractivity contribution is -0.140. The van der Waals surface area contributed by atoms with Gasteiger partial charge in [-0.05, 0) is 67.8 Å². The van der Waals surface area contributed by atoms with E-state index >= 15 is 0 Å². The maximum absolute atomic E-state index is 14.4. The second-order valence-electron chi connectivity index (χ2n) is 10.8. The lowest BCUT2D eigenvalue weighted by Gasteiger charge is -2.34. The normalized spacial score (nSPS) is 12.6. The number of nitrogens with one attached hydrogen (secondary N) is 1. The van der Waals surface area contributed by atoms with E-state index in [0.29, 0.717) is 17.7 Å². The van der Waals surface area contributed by atoms with Gasteiger partial charge >= 0.3 is 0 Å². The molecule has 7 nitrogen and oxygen atoms in total. The van der Waals surface area contributed by atoms with Gasteiger partial charge in [-0.25, -0.2) is 12.8 Å². The summed E-state index contributed by atoms with van der Waals surface area (Å²) < 4.78 is 42.8. The smallest absolute Gasteiger partial charge is 0.264 e. The molecule has 0 aliphatic carbocycles. The van der Waals surface area contributed by atoms with Crippen LogP contribution in [0.1, 0.15) is 37.0 Å². The molecule has 0 spiro atoms. The monoisotopic (exact) mass is 615 g/mol. The molecule has 4 aromatic carbocycles. The molecule has 230 valence electrons. The highest BCUT2D eigenvalue weighted by Crippen LogP contribution is 2.25. The number of carbonyl (C=O) groups is 2. The topological polar surface area (TPSA) is 86.8 Å². The van der Waals surface area contributed by atoms with Crippen LogP contribution in [-0.2, 0) is 32.6 Å². The maximum Gasteiger partial charge on any atom is 0.264 e. The van der Waals surface area contributed by atoms with Crippen LogP contribution >= 0.6 is 0 Å². The van der Waals surface area contributed by atoms with Crippen molar-refractivity contribution in [3.63, 3.8) is 0 Å². The maximum atomic E-state index is 14.4. The number of halogens is 1. The molecule has 44 heavy (non-hydrogen) atoms. The van der Waals surface area contributed by atoms with Crippen molar-refractivity contribution >= 4 is 27.5 Å². The highest BCUT2D eigenvalue weighted by atomic mass is 32.2. The Labute approximate surface area is 259 Å². The minimum atomic E-state index is -4.17. The van der Waals surface area contributed by atoms with Gasteiger partial charge in [0.15, 0.2) is 0 Å². The summed E-state index contributed by atoms with van der Waals surface area (Å²) in [7, 11) is -4.17. The summed E-state index contributed by atoms with van der Waals surface area (Å²) >= 11 is 0. The number of amides is 2. The molecule has 0 aliphatic heterocycles. The third-order valence-electron chi connectivity index (χ3n) is 7.47. The fraction of sp³-hybridized carbons (Fsp3) is 0.257. The molecule has 0 heterocycles. The molecular formula is C35H38FN3O4S. The van der Waals surface area contributed by atoms with Gasteiger partial charge in [0.25, 0.3) is 10.0 Å². The van der Waals surface area contributed by atoms with E-state index in [2.05, 4.69) is 5.32 Å². The summed E-state index contributed by atoms with van der Waals surface area (Å²) in [5.74, 6) is -1.36. The molecule has 0 aliphatic rings. The largest absolute Gasteiger partial charge is 0.352 e. The van der Waals surface area contributed by atoms with Crippen LogP contribution in [0.2, 0.25) is 0 Å². The Hall–Kier alpha value is -4.50. The van der Waals surface area contributed by atoms with Gasteiger partial charge in [-0.1, -0.05) is 85.3 Å². The Morgan fingerprint density at radius 3 is 2.00 bits per heavy atom. The predicted molar refractivity (Wildman–Crippen MR) is 171 cm³/mol. The zero-order valence-corrected chi connectivity index (χ0v) is 26.0. The molecule has 2 atom stereocenters. The van der Waals surface area contributed by atoms with Gasteiger partial charge < -0.3 is 10.2 Å². The summed E-state index contributed by atoms with van der Waals surface area (Å²) in [5.41, 5.74) is 2.68. The fourth-order valence-electron chi connectivity index (χ4n) is 4.74. The third-order valence-corrected chi connectivity index (χ3v) is 9.26. The number of rotatable bonds is 13. The van der Waals surface area contributed by atoms with Crippen LogP contribution in [0.4, 0.5) is 10.1 Å². The molecule has 0 aromatic heterocycles. The van der Waals surface area contributed by atoms with E-state index in [1.54, 1.807) is 54.6 Å². The number of aryl methyl sites for hydroxylation is 1. The molecular weight excluding hydrogens is 577 g/mol. The second kappa shape index (κ2) is 14.8. The van der Waals surface area contributed by atoms with E-state index in [9.17, 15) is 22.4 Å². The minimum Gasteiger partial charge on any atom is -0.352 e. The first-order chi connectivity index (χ1) is 21.1. The molecule has 1 N–H and O–H groups in total. The van der Waals surface area contributed by atoms with E-state index in [0.717, 1.165) is 15.4 Å². The molecule has 0 radical (unpaired) electrons. The second-order valence-corrected chi connectivity index (χ2v) is 12.7. The van der Waals surface area contributed by atoms with Crippen molar-refractivity contribution < 1.29 is 22.4 Å². The first-order valence-corrected chi connectivity index (χ1v) is 16.0. The van der Waals surface area contributed by atoms with Crippen molar-refractivity contribution in [1.29, 1.82) is 0 Å². The lowest BCUT2D eigenvalue weighted by atomic mass is 10.0. The number of nitrogens with zero attached hydrogens (tertiary/aromatic N) is 2. The Balaban J connectivity index is 1.79. The Morgan fingerprint density at radius 2 is 1.41 bits per heavy atom. The van der Waals surface area contributed by atoms with Gasteiger partial charge in [-0.15, -0.1) is 0 Å². The van der Waals surface area contributed by atoms with Crippen LogP contribution in [0.3, 0.4) is 0 Å². The Bertz CT molecular complexity index is 1630. The van der Waals surface area contributed by atoms with E-state index in [1.165, 1.54) is 29.2 Å². The van der Waals surface area contributed by atoms with Crippen LogP contribution in [-0.4, -0.2) is 43.8 Å². The average Bonchev–Trinajstić information content (AvgIpc) is 3.03. The van der Waals surface area contributed by atoms with Gasteiger partial charge in [0, 0.05) is 19.0 Å². The molecule has 4 aromatic rings. The van der Waals surface area contributed by atoms with Crippen molar-refractivity contribution in [2.75, 3.05) is 10.8 Å². The van der Waals surface area contributed by atoms with Crippen LogP contribution in [0.5, 0.6) is 0 Å². The van der Waals surface area contributed by atoms with Gasteiger partial charge in [-0.2, -0.15) is 0 Å². The molecule has 0 unspecified atom stereocenters. The number of carbonyl (C=O) groups excluding carboxylic acids is 2. The summed E-state index contributed by atoms with van der Waals surface area (Å²) in [4.78, 5) is 29.7. The minimum absolute atomic E-state index is 0.0301. The number of hydrogen-bond acceptors (Lipinski definition) is 4. The van der Waals surface area contributed by atoms with Gasteiger partial charge in [0.05, 0.1) is 10.6 Å². The first kappa shape index (κ1) is 32.4. The van der Waals surface area contributed by atoms with Crippen molar-refractivity contribution in [3.05, 3.63) is 132 Å². The molecule has 4 rings (SSSR count). The molecule has 0 saturated heterocycles. The van der Waals surface area contributed by atoms with E-state index in [-0.39, 0.29) is 29.8 Å². The number of benzene rings is 4. The van der Waals surface area contributed by atoms with Gasteiger partial charge in [0.1, 0.15) is 18.4 Å².